The number of hydrogen-bond acceptors (Lipinski definition) is 1. The van der Waals surface area contributed by atoms with E-state index in [1.165, 1.54) is 0 Å². The molecule has 1 aromatic carbocycles. The summed E-state index contributed by atoms with van der Waals surface area (Å²) in [6.45, 7) is 1.97. The van der Waals surface area contributed by atoms with Crippen molar-refractivity contribution in [3.8, 4) is 0 Å². The van der Waals surface area contributed by atoms with Gasteiger partial charge in [-0.25, -0.2) is 0 Å². The number of allylic oxidation sites excluding steroid dienone is 1. The van der Waals surface area contributed by atoms with Crippen molar-refractivity contribution in [1.29, 1.82) is 0 Å². The molecule has 0 saturated carbocycles. The second-order valence-corrected chi connectivity index (χ2v) is 3.66. The van der Waals surface area contributed by atoms with Gasteiger partial charge in [-0.3, -0.25) is 4.79 Å². The Morgan fingerprint density at radius 1 is 1.54 bits per heavy atom. The van der Waals surface area contributed by atoms with Gasteiger partial charge < -0.3 is 0 Å². The van der Waals surface area contributed by atoms with E-state index in [0.29, 0.717) is 0 Å². The van der Waals surface area contributed by atoms with Crippen LogP contribution >= 0.6 is 15.9 Å². The average molecular weight is 239 g/mol. The maximum Gasteiger partial charge on any atom is 0.146 e. The smallest absolute Gasteiger partial charge is 0.146 e. The highest BCUT2D eigenvalue weighted by Crippen LogP contribution is 2.14. The maximum absolute atomic E-state index is 10.5. The zero-order valence-corrected chi connectivity index (χ0v) is 9.04. The summed E-state index contributed by atoms with van der Waals surface area (Å²) in [5.74, 6) is 0. The van der Waals surface area contributed by atoms with Crippen LogP contribution in [0.25, 0.3) is 6.08 Å². The summed E-state index contributed by atoms with van der Waals surface area (Å²) >= 11 is 3.38. The van der Waals surface area contributed by atoms with E-state index in [1.54, 1.807) is 0 Å². The highest BCUT2D eigenvalue weighted by Gasteiger charge is 1.93. The molecule has 13 heavy (non-hydrogen) atoms. The molecule has 0 bridgehead atoms. The molecule has 0 unspecified atom stereocenters. The van der Waals surface area contributed by atoms with Crippen molar-refractivity contribution in [1.82, 2.24) is 0 Å². The predicted molar refractivity (Wildman–Crippen MR) is 58.5 cm³/mol. The van der Waals surface area contributed by atoms with Crippen molar-refractivity contribution in [3.63, 3.8) is 0 Å². The van der Waals surface area contributed by atoms with Crippen molar-refractivity contribution in [2.24, 2.45) is 0 Å². The molecule has 0 heterocycles. The summed E-state index contributed by atoms with van der Waals surface area (Å²) in [7, 11) is 0. The molecular weight excluding hydrogens is 228 g/mol. The topological polar surface area (TPSA) is 17.1 Å². The van der Waals surface area contributed by atoms with Crippen LogP contribution in [0.5, 0.6) is 0 Å². The molecule has 0 aromatic heterocycles. The van der Waals surface area contributed by atoms with Gasteiger partial charge in [0.05, 0.1) is 0 Å². The van der Waals surface area contributed by atoms with Gasteiger partial charge in [0.2, 0.25) is 0 Å². The van der Waals surface area contributed by atoms with Gasteiger partial charge in [0, 0.05) is 4.47 Å². The Labute approximate surface area is 86.6 Å². The first kappa shape index (κ1) is 10.2. The van der Waals surface area contributed by atoms with Gasteiger partial charge in [0.15, 0.2) is 0 Å². The molecule has 0 fully saturated rings. The second kappa shape index (κ2) is 4.97. The molecule has 0 amide bonds. The first-order valence-electron chi connectivity index (χ1n) is 4.17. The van der Waals surface area contributed by atoms with Crippen LogP contribution in [0.15, 0.2) is 34.3 Å². The lowest BCUT2D eigenvalue weighted by Gasteiger charge is -1.96. The third-order valence-electron chi connectivity index (χ3n) is 1.76. The summed E-state index contributed by atoms with van der Waals surface area (Å²) in [4.78, 5) is 10.5. The molecule has 2 heteroatoms. The van der Waals surface area contributed by atoms with Crippen LogP contribution in [0, 0.1) is 0 Å². The van der Waals surface area contributed by atoms with Crippen molar-refractivity contribution in [2.45, 2.75) is 13.3 Å². The fourth-order valence-electron chi connectivity index (χ4n) is 1.03. The van der Waals surface area contributed by atoms with Crippen molar-refractivity contribution in [3.05, 3.63) is 39.9 Å². The lowest BCUT2D eigenvalue weighted by atomic mass is 10.1. The Balaban J connectivity index is 2.95. The number of rotatable bonds is 3. The van der Waals surface area contributed by atoms with E-state index in [4.69, 9.17) is 0 Å². The van der Waals surface area contributed by atoms with E-state index < -0.39 is 0 Å². The van der Waals surface area contributed by atoms with E-state index in [-0.39, 0.29) is 0 Å². The van der Waals surface area contributed by atoms with Crippen LogP contribution in [-0.2, 0) is 4.79 Å². The van der Waals surface area contributed by atoms with E-state index >= 15 is 0 Å². The Hall–Kier alpha value is -0.890. The minimum atomic E-state index is 0.774. The SMILES string of the molecule is CCC(C=O)=Cc1cccc(Br)c1. The number of aldehydes is 1. The first-order chi connectivity index (χ1) is 6.26. The minimum absolute atomic E-state index is 0.774. The van der Waals surface area contributed by atoms with Crippen molar-refractivity contribution >= 4 is 28.3 Å². The Morgan fingerprint density at radius 2 is 2.31 bits per heavy atom. The van der Waals surface area contributed by atoms with Gasteiger partial charge in [-0.2, -0.15) is 0 Å². The molecular formula is C11H11BrO. The molecule has 1 rings (SSSR count). The van der Waals surface area contributed by atoms with Gasteiger partial charge in [-0.05, 0) is 35.8 Å². The van der Waals surface area contributed by atoms with E-state index in [2.05, 4.69) is 15.9 Å². The Morgan fingerprint density at radius 3 is 2.85 bits per heavy atom. The molecule has 68 valence electrons. The zero-order valence-electron chi connectivity index (χ0n) is 7.46. The Bertz CT molecular complexity index is 329. The van der Waals surface area contributed by atoms with E-state index in [0.717, 1.165) is 28.3 Å². The monoisotopic (exact) mass is 238 g/mol. The first-order valence-corrected chi connectivity index (χ1v) is 4.97. The van der Waals surface area contributed by atoms with E-state index in [1.807, 2.05) is 37.3 Å². The highest BCUT2D eigenvalue weighted by molar-refractivity contribution is 9.10. The number of benzene rings is 1. The molecule has 0 radical (unpaired) electrons. The van der Waals surface area contributed by atoms with Crippen LogP contribution < -0.4 is 0 Å². The standard InChI is InChI=1S/C11H11BrO/c1-2-9(8-13)6-10-4-3-5-11(12)7-10/h3-8H,2H2,1H3. The lowest BCUT2D eigenvalue weighted by Crippen LogP contribution is -1.81. The van der Waals surface area contributed by atoms with Crippen LogP contribution in [0.4, 0.5) is 0 Å². The van der Waals surface area contributed by atoms with E-state index in [9.17, 15) is 4.79 Å². The predicted octanol–water partition coefficient (Wildman–Crippen LogP) is 3.44. The number of halogens is 1. The molecule has 0 aliphatic heterocycles. The normalized spacial score (nSPS) is 11.4. The maximum atomic E-state index is 10.5. The second-order valence-electron chi connectivity index (χ2n) is 2.75. The third-order valence-corrected chi connectivity index (χ3v) is 2.25. The number of carbonyl (C=O) groups excluding carboxylic acids is 1. The molecule has 0 aliphatic rings. The summed E-state index contributed by atoms with van der Waals surface area (Å²) in [6.07, 6.45) is 3.58. The Kier molecular flexibility index (Phi) is 3.90. The molecule has 1 aromatic rings. The summed E-state index contributed by atoms with van der Waals surface area (Å²) < 4.78 is 1.03. The lowest BCUT2D eigenvalue weighted by molar-refractivity contribution is -0.104. The molecule has 1 nitrogen and oxygen atoms in total. The van der Waals surface area contributed by atoms with Crippen molar-refractivity contribution in [2.75, 3.05) is 0 Å². The number of hydrogen-bond donors (Lipinski definition) is 0. The van der Waals surface area contributed by atoms with Gasteiger partial charge in [-0.15, -0.1) is 0 Å². The van der Waals surface area contributed by atoms with Crippen LogP contribution in [0.1, 0.15) is 18.9 Å². The third kappa shape index (κ3) is 3.15. The largest absolute Gasteiger partial charge is 0.298 e. The molecule has 0 atom stereocenters. The van der Waals surface area contributed by atoms with Gasteiger partial charge >= 0.3 is 0 Å². The summed E-state index contributed by atoms with van der Waals surface area (Å²) in [5, 5.41) is 0. The molecule has 0 N–H and O–H groups in total. The quantitative estimate of drug-likeness (QED) is 0.583. The van der Waals surface area contributed by atoms with Gasteiger partial charge in [-0.1, -0.05) is 35.0 Å². The van der Waals surface area contributed by atoms with Gasteiger partial charge in [0.25, 0.3) is 0 Å². The van der Waals surface area contributed by atoms with Crippen LogP contribution in [0.3, 0.4) is 0 Å². The zero-order chi connectivity index (χ0) is 9.68. The van der Waals surface area contributed by atoms with Crippen molar-refractivity contribution < 1.29 is 4.79 Å². The number of carbonyl (C=O) groups is 1. The average Bonchev–Trinajstić information content (AvgIpc) is 2.14. The summed E-state index contributed by atoms with van der Waals surface area (Å²) in [6, 6.07) is 7.88. The fraction of sp³-hybridized carbons (Fsp3) is 0.182. The van der Waals surface area contributed by atoms with Crippen LogP contribution in [0.2, 0.25) is 0 Å². The molecule has 0 saturated heterocycles. The van der Waals surface area contributed by atoms with Crippen LogP contribution in [-0.4, -0.2) is 6.29 Å². The fourth-order valence-corrected chi connectivity index (χ4v) is 1.45. The molecule has 0 aliphatic carbocycles. The minimum Gasteiger partial charge on any atom is -0.298 e. The summed E-state index contributed by atoms with van der Waals surface area (Å²) in [5.41, 5.74) is 1.87. The van der Waals surface area contributed by atoms with Gasteiger partial charge in [0.1, 0.15) is 6.29 Å². The molecule has 0 spiro atoms. The highest BCUT2D eigenvalue weighted by atomic mass is 79.9.